The average molecular weight is 343 g/mol. The van der Waals surface area contributed by atoms with E-state index >= 15 is 0 Å². The molecule has 3 nitrogen and oxygen atoms in total. The van der Waals surface area contributed by atoms with Crippen LogP contribution in [0.25, 0.3) is 0 Å². The molecule has 0 aromatic heterocycles. The smallest absolute Gasteiger partial charge is 0.179 e. The van der Waals surface area contributed by atoms with E-state index in [0.29, 0.717) is 11.8 Å². The summed E-state index contributed by atoms with van der Waals surface area (Å²) in [7, 11) is 0. The number of hydrogen-bond acceptors (Lipinski definition) is 5. The average Bonchev–Trinajstić information content (AvgIpc) is 2.48. The molecule has 0 aliphatic heterocycles. The summed E-state index contributed by atoms with van der Waals surface area (Å²) >= 11 is 0.383. The van der Waals surface area contributed by atoms with Crippen molar-refractivity contribution < 1.29 is 32.2 Å². The second kappa shape index (κ2) is 9.31. The summed E-state index contributed by atoms with van der Waals surface area (Å²) < 4.78 is 58.2. The zero-order chi connectivity index (χ0) is 15.8. The molecule has 0 saturated heterocycles. The van der Waals surface area contributed by atoms with Crippen molar-refractivity contribution in [1.29, 1.82) is 0 Å². The number of thioether (sulfide) groups is 1. The largest absolute Gasteiger partial charge is 0.691 e. The first-order valence-corrected chi connectivity index (χ1v) is 7.54. The van der Waals surface area contributed by atoms with E-state index in [-0.39, 0.29) is 17.8 Å². The Morgan fingerprint density at radius 2 is 1.57 bits per heavy atom. The monoisotopic (exact) mass is 343 g/mol. The van der Waals surface area contributed by atoms with Crippen molar-refractivity contribution in [2.24, 2.45) is 0 Å². The zero-order valence-electron chi connectivity index (χ0n) is 10.8. The molecule has 0 aliphatic rings. The van der Waals surface area contributed by atoms with Crippen LogP contribution in [0.5, 0.6) is 0 Å². The highest BCUT2D eigenvalue weighted by Gasteiger charge is 2.26. The van der Waals surface area contributed by atoms with Crippen LogP contribution < -0.4 is 5.26 Å². The van der Waals surface area contributed by atoms with Crippen LogP contribution in [0.2, 0.25) is 0 Å². The molecular weight excluding hydrogens is 332 g/mol. The molecule has 1 aromatic carbocycles. The van der Waals surface area contributed by atoms with E-state index < -0.39 is 33.1 Å². The molecule has 9 heteroatoms. The molecule has 0 N–H and O–H groups in total. The summed E-state index contributed by atoms with van der Waals surface area (Å²) in [5.41, 5.74) is 0. The molecule has 1 aromatic rings. The minimum atomic E-state index is -1.64. The fraction of sp³-hybridized carbons (Fsp3) is 0.333. The van der Waals surface area contributed by atoms with E-state index in [2.05, 4.69) is 9.37 Å². The minimum Gasteiger partial charge on any atom is -0.691 e. The van der Waals surface area contributed by atoms with Crippen molar-refractivity contribution in [3.63, 3.8) is 0 Å². The lowest BCUT2D eigenvalue weighted by Crippen LogP contribution is -2.05. The summed E-state index contributed by atoms with van der Waals surface area (Å²) in [5, 5.41) is 12.5. The van der Waals surface area contributed by atoms with E-state index in [0.717, 1.165) is 12.8 Å². The van der Waals surface area contributed by atoms with Gasteiger partial charge in [0.25, 0.3) is 0 Å². The van der Waals surface area contributed by atoms with Crippen LogP contribution in [-0.4, -0.2) is 5.75 Å². The molecule has 0 atom stereocenters. The van der Waals surface area contributed by atoms with Crippen molar-refractivity contribution in [3.05, 3.63) is 35.4 Å². The highest BCUT2D eigenvalue weighted by atomic mass is 32.2. The van der Waals surface area contributed by atoms with Crippen molar-refractivity contribution in [3.8, 4) is 0 Å². The molecule has 0 spiro atoms. The Kier molecular flexibility index (Phi) is 8.12. The maximum atomic E-state index is 13.7. The lowest BCUT2D eigenvalue weighted by atomic mass is 10.3. The molecule has 0 saturated carbocycles. The van der Waals surface area contributed by atoms with Crippen LogP contribution in [-0.2, 0) is 9.37 Å². The second-order valence-electron chi connectivity index (χ2n) is 3.70. The number of allylic oxidation sites excluding steroid dienone is 1. The van der Waals surface area contributed by atoms with Crippen molar-refractivity contribution >= 4 is 23.8 Å². The maximum absolute atomic E-state index is 13.7. The first kappa shape index (κ1) is 18.3. The van der Waals surface area contributed by atoms with Gasteiger partial charge in [-0.2, -0.15) is 4.33 Å². The SMILES string of the molecule is CCC/C=C/CSc1c(F)c(F)c(SOO[O-])c(F)c1F. The molecule has 21 heavy (non-hydrogen) atoms. The number of halogens is 4. The molecule has 0 heterocycles. The Hall–Kier alpha value is -0.740. The van der Waals surface area contributed by atoms with Crippen LogP contribution in [0.4, 0.5) is 17.6 Å². The normalized spacial score (nSPS) is 11.5. The standard InChI is InChI=1S/C12H12F4O3S2/c1-2-3-4-5-6-20-11-7(13)9(15)12(21-19-18-17)10(16)8(11)14/h4-5,17H,2-3,6H2,1H3/p-1/b5-4+. The molecule has 0 unspecified atom stereocenters. The zero-order valence-corrected chi connectivity index (χ0v) is 12.5. The molecule has 0 amide bonds. The van der Waals surface area contributed by atoms with Gasteiger partial charge in [0.2, 0.25) is 0 Å². The Labute approximate surface area is 127 Å². The van der Waals surface area contributed by atoms with Gasteiger partial charge in [0.15, 0.2) is 23.3 Å². The third kappa shape index (κ3) is 4.89. The minimum absolute atomic E-state index is 0.166. The number of unbranched alkanes of at least 4 members (excludes halogenated alkanes) is 1. The molecule has 0 fully saturated rings. The fourth-order valence-corrected chi connectivity index (χ4v) is 2.58. The summed E-state index contributed by atoms with van der Waals surface area (Å²) in [5.74, 6) is -6.20. The Morgan fingerprint density at radius 1 is 1.00 bits per heavy atom. The molecular formula is C12H11F4O3S2-. The summed E-state index contributed by atoms with van der Waals surface area (Å²) in [6.07, 6.45) is 5.18. The van der Waals surface area contributed by atoms with Gasteiger partial charge in [-0.1, -0.05) is 25.5 Å². The third-order valence-corrected chi connectivity index (χ3v) is 3.93. The van der Waals surface area contributed by atoms with Crippen LogP contribution in [0.3, 0.4) is 0 Å². The third-order valence-electron chi connectivity index (χ3n) is 2.27. The van der Waals surface area contributed by atoms with E-state index in [1.54, 1.807) is 12.2 Å². The molecule has 0 aliphatic carbocycles. The highest BCUT2D eigenvalue weighted by Crippen LogP contribution is 2.36. The lowest BCUT2D eigenvalue weighted by molar-refractivity contribution is -0.777. The van der Waals surface area contributed by atoms with Gasteiger partial charge >= 0.3 is 0 Å². The molecule has 118 valence electrons. The summed E-state index contributed by atoms with van der Waals surface area (Å²) in [4.78, 5) is -1.88. The first-order valence-electron chi connectivity index (χ1n) is 5.81. The summed E-state index contributed by atoms with van der Waals surface area (Å²) in [6, 6.07) is 0. The topological polar surface area (TPSA) is 41.5 Å². The van der Waals surface area contributed by atoms with Gasteiger partial charge in [0.05, 0.1) is 16.9 Å². The van der Waals surface area contributed by atoms with E-state index in [1.807, 2.05) is 6.92 Å². The van der Waals surface area contributed by atoms with Crippen LogP contribution in [0.15, 0.2) is 21.9 Å². The van der Waals surface area contributed by atoms with E-state index in [1.165, 1.54) is 0 Å². The van der Waals surface area contributed by atoms with Crippen molar-refractivity contribution in [1.82, 2.24) is 0 Å². The van der Waals surface area contributed by atoms with Crippen molar-refractivity contribution in [2.45, 2.75) is 29.6 Å². The van der Waals surface area contributed by atoms with E-state index in [9.17, 15) is 22.8 Å². The number of hydrogen-bond donors (Lipinski definition) is 0. The highest BCUT2D eigenvalue weighted by molar-refractivity contribution is 7.99. The predicted octanol–water partition coefficient (Wildman–Crippen LogP) is 3.92. The Balaban J connectivity index is 2.95. The van der Waals surface area contributed by atoms with Gasteiger partial charge in [-0.15, -0.1) is 11.8 Å². The number of rotatable bonds is 8. The maximum Gasteiger partial charge on any atom is 0.179 e. The first-order chi connectivity index (χ1) is 10.0. The molecule has 0 bridgehead atoms. The Bertz CT molecular complexity index is 483. The summed E-state index contributed by atoms with van der Waals surface area (Å²) in [6.45, 7) is 1.96. The molecule has 0 radical (unpaired) electrons. The number of benzene rings is 1. The Morgan fingerprint density at radius 3 is 2.10 bits per heavy atom. The quantitative estimate of drug-likeness (QED) is 0.136. The van der Waals surface area contributed by atoms with E-state index in [4.69, 9.17) is 0 Å². The van der Waals surface area contributed by atoms with Gasteiger partial charge in [-0.05, 0) is 6.42 Å². The van der Waals surface area contributed by atoms with Gasteiger partial charge in [-0.3, -0.25) is 5.04 Å². The molecule has 1 rings (SSSR count). The fourth-order valence-electron chi connectivity index (χ4n) is 1.32. The van der Waals surface area contributed by atoms with Gasteiger partial charge < -0.3 is 5.26 Å². The van der Waals surface area contributed by atoms with Crippen LogP contribution in [0.1, 0.15) is 19.8 Å². The van der Waals surface area contributed by atoms with Crippen LogP contribution >= 0.6 is 23.8 Å². The van der Waals surface area contributed by atoms with Gasteiger partial charge in [0, 0.05) is 5.75 Å². The van der Waals surface area contributed by atoms with Crippen LogP contribution in [0, 0.1) is 23.3 Å². The second-order valence-corrected chi connectivity index (χ2v) is 5.45. The van der Waals surface area contributed by atoms with Gasteiger partial charge in [-0.25, -0.2) is 17.6 Å². The predicted molar refractivity (Wildman–Crippen MR) is 69.1 cm³/mol. The van der Waals surface area contributed by atoms with Gasteiger partial charge in [0.1, 0.15) is 4.90 Å². The van der Waals surface area contributed by atoms with Crippen molar-refractivity contribution in [2.75, 3.05) is 5.75 Å². The lowest BCUT2D eigenvalue weighted by Gasteiger charge is -2.10.